The van der Waals surface area contributed by atoms with E-state index in [4.69, 9.17) is 4.74 Å². The van der Waals surface area contributed by atoms with Gasteiger partial charge in [0.25, 0.3) is 0 Å². The maximum absolute atomic E-state index is 12.2. The summed E-state index contributed by atoms with van der Waals surface area (Å²) in [6.45, 7) is 4.58. The smallest absolute Gasteiger partial charge is 0.334 e. The molecule has 0 amide bonds. The third kappa shape index (κ3) is 14.1. The van der Waals surface area contributed by atoms with Gasteiger partial charge in [0.15, 0.2) is 0 Å². The Morgan fingerprint density at radius 1 is 0.724 bits per heavy atom. The predicted octanol–water partition coefficient (Wildman–Crippen LogP) is 8.50. The summed E-state index contributed by atoms with van der Waals surface area (Å²) < 4.78 is 5.24. The summed E-state index contributed by atoms with van der Waals surface area (Å²) in [6, 6.07) is 10.1. The number of ether oxygens (including phenoxy) is 1. The number of hydrogen-bond donors (Lipinski definition) is 0. The van der Waals surface area contributed by atoms with E-state index >= 15 is 0 Å². The van der Waals surface area contributed by atoms with Crippen LogP contribution in [-0.4, -0.2) is 12.6 Å². The fraction of sp³-hybridized carbons (Fsp3) is 0.667. The van der Waals surface area contributed by atoms with E-state index in [9.17, 15) is 4.79 Å². The van der Waals surface area contributed by atoms with E-state index in [1.54, 1.807) is 0 Å². The summed E-state index contributed by atoms with van der Waals surface area (Å²) in [4.78, 5) is 12.2. The molecule has 0 atom stereocenters. The minimum atomic E-state index is -0.161. The number of benzene rings is 1. The fourth-order valence-electron chi connectivity index (χ4n) is 3.72. The second kappa shape index (κ2) is 18.5. The molecule has 29 heavy (non-hydrogen) atoms. The van der Waals surface area contributed by atoms with Crippen LogP contribution in [-0.2, 0) is 9.53 Å². The van der Waals surface area contributed by atoms with E-state index in [2.05, 4.69) is 6.92 Å². The summed E-state index contributed by atoms with van der Waals surface area (Å²) in [5, 5.41) is 0. The Hall–Kier alpha value is -1.57. The molecule has 0 aliphatic heterocycles. The predicted molar refractivity (Wildman–Crippen MR) is 126 cm³/mol. The van der Waals surface area contributed by atoms with Gasteiger partial charge in [-0.25, -0.2) is 4.79 Å². The molecular weight excluding hydrogens is 356 g/mol. The van der Waals surface area contributed by atoms with Crippen molar-refractivity contribution in [1.29, 1.82) is 0 Å². The molecule has 0 aliphatic carbocycles. The first kappa shape index (κ1) is 25.5. The van der Waals surface area contributed by atoms with Crippen molar-refractivity contribution in [2.24, 2.45) is 0 Å². The molecule has 164 valence electrons. The molecule has 0 saturated heterocycles. The van der Waals surface area contributed by atoms with Gasteiger partial charge in [0.2, 0.25) is 0 Å². The maximum atomic E-state index is 12.2. The van der Waals surface area contributed by atoms with E-state index in [0.29, 0.717) is 6.61 Å². The lowest BCUT2D eigenvalue weighted by Crippen LogP contribution is -2.07. The first-order valence-corrected chi connectivity index (χ1v) is 12.2. The van der Waals surface area contributed by atoms with Crippen LogP contribution in [0.5, 0.6) is 0 Å². The molecular formula is C27H44O2. The maximum Gasteiger partial charge on any atom is 0.334 e. The highest BCUT2D eigenvalue weighted by Crippen LogP contribution is 2.17. The van der Waals surface area contributed by atoms with Gasteiger partial charge >= 0.3 is 5.97 Å². The molecule has 0 N–H and O–H groups in total. The highest BCUT2D eigenvalue weighted by molar-refractivity contribution is 5.93. The topological polar surface area (TPSA) is 26.3 Å². The standard InChI is InChI=1S/C27H44O2/c1-3-5-6-7-8-9-10-11-12-13-14-15-16-20-23-26(27(28)29-4-2)24-25-21-18-17-19-22-25/h17-19,21-22,24H,3-16,20,23H2,1-2H3. The Balaban J connectivity index is 2.09. The van der Waals surface area contributed by atoms with E-state index in [0.717, 1.165) is 24.0 Å². The minimum absolute atomic E-state index is 0.161. The lowest BCUT2D eigenvalue weighted by Gasteiger charge is -2.08. The Morgan fingerprint density at radius 3 is 1.69 bits per heavy atom. The van der Waals surface area contributed by atoms with E-state index in [1.807, 2.05) is 43.3 Å². The third-order valence-corrected chi connectivity index (χ3v) is 5.48. The highest BCUT2D eigenvalue weighted by atomic mass is 16.5. The van der Waals surface area contributed by atoms with Gasteiger partial charge in [0.05, 0.1) is 6.61 Å². The molecule has 0 spiro atoms. The summed E-state index contributed by atoms with van der Waals surface area (Å²) in [5.41, 5.74) is 1.87. The molecule has 0 aliphatic rings. The number of unbranched alkanes of at least 4 members (excludes halogenated alkanes) is 13. The van der Waals surface area contributed by atoms with Crippen molar-refractivity contribution < 1.29 is 9.53 Å². The third-order valence-electron chi connectivity index (χ3n) is 5.48. The van der Waals surface area contributed by atoms with E-state index < -0.39 is 0 Å². The molecule has 2 nitrogen and oxygen atoms in total. The largest absolute Gasteiger partial charge is 0.463 e. The Bertz CT molecular complexity index is 533. The lowest BCUT2D eigenvalue weighted by molar-refractivity contribution is -0.138. The monoisotopic (exact) mass is 400 g/mol. The molecule has 1 aromatic carbocycles. The van der Waals surface area contributed by atoms with Gasteiger partial charge in [-0.2, -0.15) is 0 Å². The zero-order valence-corrected chi connectivity index (χ0v) is 19.1. The van der Waals surface area contributed by atoms with Crippen molar-refractivity contribution >= 4 is 12.0 Å². The van der Waals surface area contributed by atoms with Gasteiger partial charge in [-0.15, -0.1) is 0 Å². The number of carbonyl (C=O) groups is 1. The van der Waals surface area contributed by atoms with Crippen LogP contribution in [0.25, 0.3) is 6.08 Å². The summed E-state index contributed by atoms with van der Waals surface area (Å²) in [7, 11) is 0. The molecule has 0 fully saturated rings. The highest BCUT2D eigenvalue weighted by Gasteiger charge is 2.10. The van der Waals surface area contributed by atoms with Crippen molar-refractivity contribution in [2.75, 3.05) is 6.61 Å². The average Bonchev–Trinajstić information content (AvgIpc) is 2.74. The zero-order valence-electron chi connectivity index (χ0n) is 19.1. The molecule has 2 heteroatoms. The second-order valence-electron chi connectivity index (χ2n) is 8.15. The van der Waals surface area contributed by atoms with Crippen molar-refractivity contribution in [2.45, 2.75) is 110 Å². The summed E-state index contributed by atoms with van der Waals surface area (Å²) >= 11 is 0. The molecule has 0 heterocycles. The quantitative estimate of drug-likeness (QED) is 0.140. The van der Waals surface area contributed by atoms with Crippen molar-refractivity contribution in [3.8, 4) is 0 Å². The van der Waals surface area contributed by atoms with Gasteiger partial charge in [0, 0.05) is 5.57 Å². The summed E-state index contributed by atoms with van der Waals surface area (Å²) in [6.07, 6.45) is 21.7. The van der Waals surface area contributed by atoms with Crippen LogP contribution < -0.4 is 0 Å². The first-order chi connectivity index (χ1) is 14.3. The molecule has 0 aromatic heterocycles. The van der Waals surface area contributed by atoms with Crippen molar-refractivity contribution in [3.05, 3.63) is 41.5 Å². The minimum Gasteiger partial charge on any atom is -0.463 e. The number of rotatable bonds is 18. The molecule has 1 rings (SSSR count). The van der Waals surface area contributed by atoms with Crippen LogP contribution in [0.3, 0.4) is 0 Å². The summed E-state index contributed by atoms with van der Waals surface area (Å²) in [5.74, 6) is -0.161. The number of esters is 1. The Labute approximate surface area is 180 Å². The lowest BCUT2D eigenvalue weighted by atomic mass is 10.0. The second-order valence-corrected chi connectivity index (χ2v) is 8.15. The molecule has 0 unspecified atom stereocenters. The van der Waals surface area contributed by atoms with Crippen LogP contribution >= 0.6 is 0 Å². The number of hydrogen-bond acceptors (Lipinski definition) is 2. The Morgan fingerprint density at radius 2 is 1.21 bits per heavy atom. The Kier molecular flexibility index (Phi) is 16.2. The molecule has 0 radical (unpaired) electrons. The van der Waals surface area contributed by atoms with Crippen LogP contribution in [0, 0.1) is 0 Å². The first-order valence-electron chi connectivity index (χ1n) is 12.2. The van der Waals surface area contributed by atoms with E-state index in [1.165, 1.54) is 83.5 Å². The van der Waals surface area contributed by atoms with Gasteiger partial charge < -0.3 is 4.74 Å². The van der Waals surface area contributed by atoms with Crippen LogP contribution in [0.1, 0.15) is 116 Å². The fourth-order valence-corrected chi connectivity index (χ4v) is 3.72. The van der Waals surface area contributed by atoms with Crippen molar-refractivity contribution in [3.63, 3.8) is 0 Å². The van der Waals surface area contributed by atoms with Crippen LogP contribution in [0.4, 0.5) is 0 Å². The molecule has 0 bridgehead atoms. The van der Waals surface area contributed by atoms with Crippen LogP contribution in [0.2, 0.25) is 0 Å². The normalized spacial score (nSPS) is 11.6. The van der Waals surface area contributed by atoms with Gasteiger partial charge in [-0.05, 0) is 31.4 Å². The van der Waals surface area contributed by atoms with Gasteiger partial charge in [0.1, 0.15) is 0 Å². The average molecular weight is 401 g/mol. The molecule has 1 aromatic rings. The van der Waals surface area contributed by atoms with Gasteiger partial charge in [-0.1, -0.05) is 121 Å². The number of carbonyl (C=O) groups excluding carboxylic acids is 1. The van der Waals surface area contributed by atoms with Crippen LogP contribution in [0.15, 0.2) is 35.9 Å². The molecule has 0 saturated carbocycles. The van der Waals surface area contributed by atoms with Gasteiger partial charge in [-0.3, -0.25) is 0 Å². The zero-order chi connectivity index (χ0) is 21.0. The van der Waals surface area contributed by atoms with E-state index in [-0.39, 0.29) is 5.97 Å². The van der Waals surface area contributed by atoms with Crippen molar-refractivity contribution in [1.82, 2.24) is 0 Å². The SMILES string of the molecule is CCCCCCCCCCCCCCCCC(=Cc1ccccc1)C(=O)OCC.